The zero-order chi connectivity index (χ0) is 21.6. The average Bonchev–Trinajstić information content (AvgIpc) is 2.68. The Kier molecular flexibility index (Phi) is 7.81. The lowest BCUT2D eigenvalue weighted by Gasteiger charge is -2.13. The fraction of sp³-hybridized carbons (Fsp3) is 0.174. The molecular weight excluding hydrogens is 404 g/mol. The van der Waals surface area contributed by atoms with E-state index in [4.69, 9.17) is 16.8 Å². The first kappa shape index (κ1) is 22.9. The number of aryl methyl sites for hydroxylation is 3. The molecule has 3 aromatic rings. The molecule has 3 rings (SSSR count). The molecule has 0 aliphatic heterocycles. The van der Waals surface area contributed by atoms with Crippen LogP contribution >= 0.6 is 12.2 Å². The molecule has 0 saturated heterocycles. The molecule has 29 heavy (non-hydrogen) atoms. The Balaban J connectivity index is 0.000000234. The molecule has 0 aliphatic rings. The Morgan fingerprint density at radius 3 is 1.76 bits per heavy atom. The van der Waals surface area contributed by atoms with Crippen LogP contribution in [0.5, 0.6) is 0 Å². The summed E-state index contributed by atoms with van der Waals surface area (Å²) in [6.45, 7) is 5.68. The first-order chi connectivity index (χ1) is 13.6. The molecule has 0 aromatic heterocycles. The van der Waals surface area contributed by atoms with Crippen LogP contribution in [0.4, 0.5) is 0 Å². The van der Waals surface area contributed by atoms with Crippen molar-refractivity contribution < 1.29 is 18.1 Å². The van der Waals surface area contributed by atoms with E-state index in [9.17, 15) is 13.5 Å². The van der Waals surface area contributed by atoms with Crippen molar-refractivity contribution in [2.75, 3.05) is 0 Å². The molecule has 2 N–H and O–H groups in total. The van der Waals surface area contributed by atoms with Crippen LogP contribution in [-0.4, -0.2) is 22.9 Å². The van der Waals surface area contributed by atoms with Gasteiger partial charge in [-0.2, -0.15) is 8.42 Å². The molecule has 0 spiro atoms. The highest BCUT2D eigenvalue weighted by atomic mass is 32.2. The van der Waals surface area contributed by atoms with Gasteiger partial charge in [-0.05, 0) is 43.5 Å². The van der Waals surface area contributed by atoms with E-state index in [2.05, 4.69) is 0 Å². The molecule has 152 valence electrons. The normalized spacial score (nSPS) is 11.9. The average molecular weight is 429 g/mol. The van der Waals surface area contributed by atoms with Gasteiger partial charge in [-0.15, -0.1) is 0 Å². The van der Waals surface area contributed by atoms with Crippen LogP contribution < -0.4 is 0 Å². The van der Waals surface area contributed by atoms with E-state index in [1.807, 2.05) is 62.4 Å². The number of aliphatic hydroxyl groups excluding tert-OH is 1. The van der Waals surface area contributed by atoms with Crippen molar-refractivity contribution in [2.45, 2.75) is 31.8 Å². The zero-order valence-electron chi connectivity index (χ0n) is 16.5. The van der Waals surface area contributed by atoms with E-state index in [-0.39, 0.29) is 4.90 Å². The maximum atomic E-state index is 10.6. The minimum atomic E-state index is -4.03. The molecule has 0 bridgehead atoms. The molecule has 0 fully saturated rings. The Labute approximate surface area is 177 Å². The second-order valence-corrected chi connectivity index (χ2v) is 8.61. The van der Waals surface area contributed by atoms with E-state index in [1.54, 1.807) is 25.1 Å². The molecule has 1 unspecified atom stereocenters. The van der Waals surface area contributed by atoms with E-state index in [0.29, 0.717) is 10.4 Å². The number of aliphatic hydroxyl groups is 1. The lowest BCUT2D eigenvalue weighted by atomic mass is 9.99. The standard InChI is InChI=1S/C16H16OS.C7H8O3S/c1-11-3-7-13(8-4-11)15(17)16(18)14-9-5-12(2)6-10-14;1-6-4-2-3-5-7(6)11(8,9)10/h3-10,15,17H,1-2H3;2-5H,1H3,(H,8,9,10). The summed E-state index contributed by atoms with van der Waals surface area (Å²) in [4.78, 5) is 0.541. The summed E-state index contributed by atoms with van der Waals surface area (Å²) >= 11 is 5.35. The summed E-state index contributed by atoms with van der Waals surface area (Å²) in [7, 11) is -4.03. The van der Waals surface area contributed by atoms with E-state index in [0.717, 1.165) is 11.1 Å². The molecule has 0 radical (unpaired) electrons. The van der Waals surface area contributed by atoms with Gasteiger partial charge in [0.15, 0.2) is 0 Å². The fourth-order valence-corrected chi connectivity index (χ4v) is 3.62. The van der Waals surface area contributed by atoms with Crippen molar-refractivity contribution in [1.82, 2.24) is 0 Å². The van der Waals surface area contributed by atoms with Gasteiger partial charge in [0.05, 0.1) is 9.76 Å². The molecule has 0 amide bonds. The predicted octanol–water partition coefficient (Wildman–Crippen LogP) is 5.00. The first-order valence-corrected chi connectivity index (χ1v) is 10.8. The lowest BCUT2D eigenvalue weighted by Crippen LogP contribution is -2.11. The van der Waals surface area contributed by atoms with Gasteiger partial charge in [0.2, 0.25) is 0 Å². The van der Waals surface area contributed by atoms with Crippen LogP contribution in [0.3, 0.4) is 0 Å². The lowest BCUT2D eigenvalue weighted by molar-refractivity contribution is 0.250. The van der Waals surface area contributed by atoms with Gasteiger partial charge < -0.3 is 5.11 Å². The molecule has 3 aromatic carbocycles. The highest BCUT2D eigenvalue weighted by molar-refractivity contribution is 7.85. The Morgan fingerprint density at radius 2 is 1.31 bits per heavy atom. The summed E-state index contributed by atoms with van der Waals surface area (Å²) in [5.74, 6) is 0. The van der Waals surface area contributed by atoms with E-state index >= 15 is 0 Å². The third kappa shape index (κ3) is 6.58. The van der Waals surface area contributed by atoms with Crippen molar-refractivity contribution in [2.24, 2.45) is 0 Å². The Morgan fingerprint density at radius 1 is 0.828 bits per heavy atom. The van der Waals surface area contributed by atoms with Gasteiger partial charge in [-0.25, -0.2) is 0 Å². The summed E-state index contributed by atoms with van der Waals surface area (Å²) < 4.78 is 29.9. The van der Waals surface area contributed by atoms with E-state index in [1.165, 1.54) is 17.2 Å². The molecule has 6 heteroatoms. The molecule has 4 nitrogen and oxygen atoms in total. The second-order valence-electron chi connectivity index (χ2n) is 6.78. The number of hydrogen-bond donors (Lipinski definition) is 2. The molecule has 0 heterocycles. The van der Waals surface area contributed by atoms with Gasteiger partial charge >= 0.3 is 0 Å². The van der Waals surface area contributed by atoms with Crippen LogP contribution in [0.25, 0.3) is 0 Å². The van der Waals surface area contributed by atoms with Crippen LogP contribution in [0.1, 0.15) is 33.9 Å². The van der Waals surface area contributed by atoms with E-state index < -0.39 is 16.2 Å². The summed E-state index contributed by atoms with van der Waals surface area (Å²) in [6.07, 6.45) is -0.719. The fourth-order valence-electron chi connectivity index (χ4n) is 2.62. The minimum absolute atomic E-state index is 0.0278. The van der Waals surface area contributed by atoms with Gasteiger partial charge in [0, 0.05) is 0 Å². The molecule has 0 aliphatic carbocycles. The summed E-state index contributed by atoms with van der Waals surface area (Å²) in [5, 5.41) is 10.3. The minimum Gasteiger partial charge on any atom is -0.383 e. The summed E-state index contributed by atoms with van der Waals surface area (Å²) in [6, 6.07) is 22.0. The van der Waals surface area contributed by atoms with Crippen LogP contribution in [0, 0.1) is 20.8 Å². The largest absolute Gasteiger partial charge is 0.383 e. The molecular formula is C23H24O4S2. The third-order valence-corrected chi connectivity index (χ3v) is 5.82. The van der Waals surface area contributed by atoms with Crippen LogP contribution in [-0.2, 0) is 10.1 Å². The Bertz CT molecular complexity index is 1070. The summed E-state index contributed by atoms with van der Waals surface area (Å²) in [5.41, 5.74) is 4.66. The van der Waals surface area contributed by atoms with Crippen LogP contribution in [0.15, 0.2) is 77.7 Å². The topological polar surface area (TPSA) is 74.6 Å². The van der Waals surface area contributed by atoms with Crippen LogP contribution in [0.2, 0.25) is 0 Å². The van der Waals surface area contributed by atoms with Crippen molar-refractivity contribution >= 4 is 27.2 Å². The molecule has 1 atom stereocenters. The maximum absolute atomic E-state index is 10.6. The number of hydrogen-bond acceptors (Lipinski definition) is 4. The van der Waals surface area contributed by atoms with Crippen molar-refractivity contribution in [3.05, 3.63) is 101 Å². The van der Waals surface area contributed by atoms with Crippen molar-refractivity contribution in [1.29, 1.82) is 0 Å². The maximum Gasteiger partial charge on any atom is 0.294 e. The van der Waals surface area contributed by atoms with Crippen molar-refractivity contribution in [3.63, 3.8) is 0 Å². The SMILES string of the molecule is Cc1ccc(C(=S)C(O)c2ccc(C)cc2)cc1.Cc1ccccc1S(=O)(=O)O. The molecule has 0 saturated carbocycles. The number of rotatable bonds is 4. The zero-order valence-corrected chi connectivity index (χ0v) is 18.2. The number of benzene rings is 3. The first-order valence-electron chi connectivity index (χ1n) is 8.98. The predicted molar refractivity (Wildman–Crippen MR) is 120 cm³/mol. The van der Waals surface area contributed by atoms with Crippen molar-refractivity contribution in [3.8, 4) is 0 Å². The van der Waals surface area contributed by atoms with Gasteiger partial charge in [0.25, 0.3) is 10.1 Å². The number of thiocarbonyl (C=S) groups is 1. The highest BCUT2D eigenvalue weighted by Gasteiger charge is 2.14. The quantitative estimate of drug-likeness (QED) is 0.348. The highest BCUT2D eigenvalue weighted by Crippen LogP contribution is 2.20. The smallest absolute Gasteiger partial charge is 0.294 e. The van der Waals surface area contributed by atoms with Gasteiger partial charge in [-0.3, -0.25) is 4.55 Å². The second kappa shape index (κ2) is 9.89. The monoisotopic (exact) mass is 428 g/mol. The van der Waals surface area contributed by atoms with Gasteiger partial charge in [-0.1, -0.05) is 90.1 Å². The third-order valence-electron chi connectivity index (χ3n) is 4.35. The Hall–Kier alpha value is -2.38. The van der Waals surface area contributed by atoms with Gasteiger partial charge in [0.1, 0.15) is 6.10 Å².